The van der Waals surface area contributed by atoms with Gasteiger partial charge in [0.05, 0.1) is 15.8 Å². The molecule has 1 aromatic heterocycles. The summed E-state index contributed by atoms with van der Waals surface area (Å²) in [6, 6.07) is 10.1. The molecule has 0 spiro atoms. The molecule has 1 aromatic carbocycles. The molecule has 1 atom stereocenters. The lowest BCUT2D eigenvalue weighted by Gasteiger charge is -2.12. The average Bonchev–Trinajstić information content (AvgIpc) is 2.44. The number of fused-ring (bicyclic) bond motifs is 1. The van der Waals surface area contributed by atoms with E-state index in [1.54, 1.807) is 0 Å². The fourth-order valence-electron chi connectivity index (χ4n) is 2.01. The monoisotopic (exact) mass is 288 g/mol. The number of carbonyl (C=O) groups is 1. The molecule has 20 heavy (non-hydrogen) atoms. The summed E-state index contributed by atoms with van der Waals surface area (Å²) in [7, 11) is 0. The van der Waals surface area contributed by atoms with Crippen LogP contribution in [0.15, 0.2) is 35.4 Å². The Morgan fingerprint density at radius 1 is 1.40 bits per heavy atom. The molecule has 0 aliphatic heterocycles. The first-order valence-electron chi connectivity index (χ1n) is 6.92. The van der Waals surface area contributed by atoms with Gasteiger partial charge in [-0.05, 0) is 38.0 Å². The number of thioether (sulfide) groups is 1. The van der Waals surface area contributed by atoms with E-state index in [4.69, 9.17) is 0 Å². The van der Waals surface area contributed by atoms with Gasteiger partial charge in [-0.25, -0.2) is 4.98 Å². The Kier molecular flexibility index (Phi) is 5.01. The lowest BCUT2D eigenvalue weighted by molar-refractivity contribution is -0.120. The molecule has 0 saturated carbocycles. The summed E-state index contributed by atoms with van der Waals surface area (Å²) in [6.45, 7) is 6.78. The number of rotatable bonds is 5. The molecule has 1 amide bonds. The highest BCUT2D eigenvalue weighted by molar-refractivity contribution is 8.00. The Hall–Kier alpha value is -1.55. The fraction of sp³-hybridized carbons (Fsp3) is 0.375. The van der Waals surface area contributed by atoms with Gasteiger partial charge in [0.1, 0.15) is 0 Å². The van der Waals surface area contributed by atoms with Gasteiger partial charge < -0.3 is 5.32 Å². The van der Waals surface area contributed by atoms with Crippen molar-refractivity contribution in [2.24, 2.45) is 0 Å². The SMILES string of the molecule is CCCNC(=O)C(C)Sc1cc(C)c2ccccc2n1. The Balaban J connectivity index is 2.15. The van der Waals surface area contributed by atoms with Gasteiger partial charge in [0.2, 0.25) is 5.91 Å². The maximum absolute atomic E-state index is 11.9. The largest absolute Gasteiger partial charge is 0.355 e. The van der Waals surface area contributed by atoms with E-state index in [1.807, 2.05) is 32.0 Å². The van der Waals surface area contributed by atoms with Crippen LogP contribution in [-0.2, 0) is 4.79 Å². The van der Waals surface area contributed by atoms with Gasteiger partial charge in [-0.3, -0.25) is 4.79 Å². The molecule has 2 aromatic rings. The van der Waals surface area contributed by atoms with Gasteiger partial charge in [0.25, 0.3) is 0 Å². The molecule has 3 nitrogen and oxygen atoms in total. The van der Waals surface area contributed by atoms with Gasteiger partial charge in [0.15, 0.2) is 0 Å². The number of benzene rings is 1. The number of carbonyl (C=O) groups excluding carboxylic acids is 1. The molecule has 4 heteroatoms. The quantitative estimate of drug-likeness (QED) is 0.856. The third kappa shape index (κ3) is 3.51. The molecule has 0 aliphatic carbocycles. The van der Waals surface area contributed by atoms with Gasteiger partial charge in [-0.1, -0.05) is 36.9 Å². The van der Waals surface area contributed by atoms with Crippen LogP contribution in [0.25, 0.3) is 10.9 Å². The van der Waals surface area contributed by atoms with Crippen LogP contribution in [0, 0.1) is 6.92 Å². The fourth-order valence-corrected chi connectivity index (χ4v) is 2.95. The predicted octanol–water partition coefficient (Wildman–Crippen LogP) is 3.55. The number of nitrogens with one attached hydrogen (secondary N) is 1. The number of hydrogen-bond donors (Lipinski definition) is 1. The van der Waals surface area contributed by atoms with Crippen LogP contribution in [0.1, 0.15) is 25.8 Å². The number of para-hydroxylation sites is 1. The van der Waals surface area contributed by atoms with Crippen molar-refractivity contribution in [3.05, 3.63) is 35.9 Å². The zero-order valence-corrected chi connectivity index (χ0v) is 13.0. The normalized spacial score (nSPS) is 12.3. The number of nitrogens with zero attached hydrogens (tertiary/aromatic N) is 1. The van der Waals surface area contributed by atoms with E-state index in [0.717, 1.165) is 23.5 Å². The summed E-state index contributed by atoms with van der Waals surface area (Å²) < 4.78 is 0. The van der Waals surface area contributed by atoms with Crippen LogP contribution < -0.4 is 5.32 Å². The molecule has 1 N–H and O–H groups in total. The first-order valence-corrected chi connectivity index (χ1v) is 7.80. The zero-order valence-electron chi connectivity index (χ0n) is 12.1. The van der Waals surface area contributed by atoms with Crippen molar-refractivity contribution >= 4 is 28.6 Å². The van der Waals surface area contributed by atoms with Crippen molar-refractivity contribution in [2.45, 2.75) is 37.5 Å². The maximum atomic E-state index is 11.9. The second-order valence-corrected chi connectivity index (χ2v) is 6.21. The van der Waals surface area contributed by atoms with E-state index in [0.29, 0.717) is 0 Å². The van der Waals surface area contributed by atoms with E-state index in [1.165, 1.54) is 22.7 Å². The van der Waals surface area contributed by atoms with Crippen LogP contribution in [0.4, 0.5) is 0 Å². The third-order valence-electron chi connectivity index (χ3n) is 3.12. The van der Waals surface area contributed by atoms with Crippen LogP contribution in [0.2, 0.25) is 0 Å². The molecular formula is C16H20N2OS. The molecule has 0 saturated heterocycles. The van der Waals surface area contributed by atoms with Gasteiger partial charge in [0, 0.05) is 11.9 Å². The minimum atomic E-state index is -0.130. The van der Waals surface area contributed by atoms with Crippen molar-refractivity contribution in [3.8, 4) is 0 Å². The molecule has 2 rings (SSSR count). The summed E-state index contributed by atoms with van der Waals surface area (Å²) >= 11 is 1.51. The molecule has 0 aliphatic rings. The summed E-state index contributed by atoms with van der Waals surface area (Å²) in [6.07, 6.45) is 0.955. The highest BCUT2D eigenvalue weighted by Gasteiger charge is 2.15. The highest BCUT2D eigenvalue weighted by atomic mass is 32.2. The number of aryl methyl sites for hydroxylation is 1. The average molecular weight is 288 g/mol. The molecule has 106 valence electrons. The number of amides is 1. The third-order valence-corrected chi connectivity index (χ3v) is 4.13. The minimum absolute atomic E-state index is 0.0736. The van der Waals surface area contributed by atoms with E-state index in [9.17, 15) is 4.79 Å². The summed E-state index contributed by atoms with van der Waals surface area (Å²) in [5, 5.41) is 4.86. The lowest BCUT2D eigenvalue weighted by atomic mass is 10.1. The van der Waals surface area contributed by atoms with Crippen molar-refractivity contribution in [1.29, 1.82) is 0 Å². The second kappa shape index (κ2) is 6.75. The van der Waals surface area contributed by atoms with Crippen molar-refractivity contribution in [1.82, 2.24) is 10.3 Å². The molecule has 1 heterocycles. The second-order valence-electron chi connectivity index (χ2n) is 4.85. The summed E-state index contributed by atoms with van der Waals surface area (Å²) in [5.74, 6) is 0.0736. The standard InChI is InChI=1S/C16H20N2OS/c1-4-9-17-16(19)12(3)20-15-10-11(2)13-7-5-6-8-14(13)18-15/h5-8,10,12H,4,9H2,1-3H3,(H,17,19). The Morgan fingerprint density at radius 2 is 2.15 bits per heavy atom. The Bertz CT molecular complexity index is 612. The summed E-state index contributed by atoms with van der Waals surface area (Å²) in [5.41, 5.74) is 2.18. The molecule has 1 unspecified atom stereocenters. The Labute approximate surface area is 124 Å². The van der Waals surface area contributed by atoms with Crippen LogP contribution in [0.3, 0.4) is 0 Å². The number of hydrogen-bond acceptors (Lipinski definition) is 3. The van der Waals surface area contributed by atoms with E-state index in [2.05, 4.69) is 29.4 Å². The predicted molar refractivity (Wildman–Crippen MR) is 85.1 cm³/mol. The first kappa shape index (κ1) is 14.9. The van der Waals surface area contributed by atoms with Crippen molar-refractivity contribution in [3.63, 3.8) is 0 Å². The van der Waals surface area contributed by atoms with E-state index >= 15 is 0 Å². The molecule has 0 bridgehead atoms. The van der Waals surface area contributed by atoms with Crippen LogP contribution >= 0.6 is 11.8 Å². The van der Waals surface area contributed by atoms with Gasteiger partial charge in [-0.15, -0.1) is 0 Å². The Morgan fingerprint density at radius 3 is 2.90 bits per heavy atom. The van der Waals surface area contributed by atoms with Crippen LogP contribution in [0.5, 0.6) is 0 Å². The van der Waals surface area contributed by atoms with Crippen molar-refractivity contribution in [2.75, 3.05) is 6.54 Å². The molecule has 0 radical (unpaired) electrons. The van der Waals surface area contributed by atoms with E-state index < -0.39 is 0 Å². The minimum Gasteiger partial charge on any atom is -0.355 e. The van der Waals surface area contributed by atoms with E-state index in [-0.39, 0.29) is 11.2 Å². The van der Waals surface area contributed by atoms with Gasteiger partial charge >= 0.3 is 0 Å². The lowest BCUT2D eigenvalue weighted by Crippen LogP contribution is -2.31. The van der Waals surface area contributed by atoms with Gasteiger partial charge in [-0.2, -0.15) is 0 Å². The van der Waals surface area contributed by atoms with Crippen LogP contribution in [-0.4, -0.2) is 22.7 Å². The number of aromatic nitrogens is 1. The first-order chi connectivity index (χ1) is 9.61. The maximum Gasteiger partial charge on any atom is 0.233 e. The molecular weight excluding hydrogens is 268 g/mol. The summed E-state index contributed by atoms with van der Waals surface area (Å²) in [4.78, 5) is 16.5. The smallest absolute Gasteiger partial charge is 0.233 e. The zero-order chi connectivity index (χ0) is 14.5. The topological polar surface area (TPSA) is 42.0 Å². The highest BCUT2D eigenvalue weighted by Crippen LogP contribution is 2.26. The van der Waals surface area contributed by atoms with Crippen molar-refractivity contribution < 1.29 is 4.79 Å². The number of pyridine rings is 1. The molecule has 0 fully saturated rings.